The zero-order chi connectivity index (χ0) is 12.5. The third-order valence-corrected chi connectivity index (χ3v) is 1.75. The van der Waals surface area contributed by atoms with E-state index in [1.165, 1.54) is 0 Å². The zero-order valence-corrected chi connectivity index (χ0v) is 9.30. The molecule has 0 saturated carbocycles. The lowest BCUT2D eigenvalue weighted by atomic mass is 10.1. The molecule has 0 saturated heterocycles. The summed E-state index contributed by atoms with van der Waals surface area (Å²) in [4.78, 5) is 11.6. The van der Waals surface area contributed by atoms with Gasteiger partial charge in [0.2, 0.25) is 0 Å². The van der Waals surface area contributed by atoms with Crippen LogP contribution in [0.5, 0.6) is 0 Å². The van der Waals surface area contributed by atoms with Crippen LogP contribution in [0.2, 0.25) is 0 Å². The van der Waals surface area contributed by atoms with E-state index in [1.54, 1.807) is 20.8 Å². The number of rotatable bonds is 1. The third-order valence-electron chi connectivity index (χ3n) is 1.75. The molecule has 0 aliphatic rings. The van der Waals surface area contributed by atoms with Crippen LogP contribution in [0, 0.1) is 11.6 Å². The van der Waals surface area contributed by atoms with Gasteiger partial charge in [0.05, 0.1) is 11.3 Å². The number of ether oxygens (including phenoxy) is 1. The van der Waals surface area contributed by atoms with Gasteiger partial charge in [0, 0.05) is 0 Å². The number of hydrogen-bond donors (Lipinski definition) is 1. The van der Waals surface area contributed by atoms with E-state index in [4.69, 9.17) is 10.5 Å². The molecule has 0 fully saturated rings. The Balaban J connectivity index is 3.06. The Morgan fingerprint density at radius 1 is 1.31 bits per heavy atom. The van der Waals surface area contributed by atoms with Crippen molar-refractivity contribution in [1.29, 1.82) is 0 Å². The van der Waals surface area contributed by atoms with Crippen LogP contribution >= 0.6 is 0 Å². The molecular weight excluding hydrogens is 216 g/mol. The minimum Gasteiger partial charge on any atom is -0.456 e. The van der Waals surface area contributed by atoms with Crippen molar-refractivity contribution in [2.75, 3.05) is 5.73 Å². The molecule has 2 N–H and O–H groups in total. The SMILES string of the molecule is CC(C)(C)OC(=O)c1ccc(F)c(F)c1N. The lowest BCUT2D eigenvalue weighted by molar-refractivity contribution is 0.00703. The number of nitrogens with two attached hydrogens (primary N) is 1. The van der Waals surface area contributed by atoms with Crippen LogP contribution in [-0.4, -0.2) is 11.6 Å². The summed E-state index contributed by atoms with van der Waals surface area (Å²) in [6, 6.07) is 1.94. The Morgan fingerprint density at radius 2 is 1.88 bits per heavy atom. The molecule has 0 aliphatic carbocycles. The summed E-state index contributed by atoms with van der Waals surface area (Å²) in [5.41, 5.74) is 3.87. The van der Waals surface area contributed by atoms with Gasteiger partial charge in [0.25, 0.3) is 0 Å². The molecule has 0 atom stereocenters. The van der Waals surface area contributed by atoms with Gasteiger partial charge in [0.1, 0.15) is 5.60 Å². The molecule has 88 valence electrons. The topological polar surface area (TPSA) is 52.3 Å². The molecule has 0 radical (unpaired) electrons. The first kappa shape index (κ1) is 12.4. The van der Waals surface area contributed by atoms with Gasteiger partial charge >= 0.3 is 5.97 Å². The van der Waals surface area contributed by atoms with Crippen molar-refractivity contribution >= 4 is 11.7 Å². The first-order valence-corrected chi connectivity index (χ1v) is 4.69. The van der Waals surface area contributed by atoms with Crippen molar-refractivity contribution in [2.24, 2.45) is 0 Å². The number of nitrogen functional groups attached to an aromatic ring is 1. The number of esters is 1. The van der Waals surface area contributed by atoms with Gasteiger partial charge in [-0.15, -0.1) is 0 Å². The highest BCUT2D eigenvalue weighted by Gasteiger charge is 2.22. The standard InChI is InChI=1S/C11H13F2NO2/c1-11(2,3)16-10(15)6-4-5-7(12)8(13)9(6)14/h4-5H,14H2,1-3H3. The first-order chi connectivity index (χ1) is 7.22. The van der Waals surface area contributed by atoms with E-state index in [0.717, 1.165) is 12.1 Å². The summed E-state index contributed by atoms with van der Waals surface area (Å²) in [6.45, 7) is 5.00. The Hall–Kier alpha value is -1.65. The monoisotopic (exact) mass is 229 g/mol. The molecule has 1 aromatic carbocycles. The summed E-state index contributed by atoms with van der Waals surface area (Å²) < 4.78 is 30.8. The van der Waals surface area contributed by atoms with Crippen LogP contribution < -0.4 is 5.73 Å². The molecule has 0 unspecified atom stereocenters. The van der Waals surface area contributed by atoms with Gasteiger partial charge in [-0.1, -0.05) is 0 Å². The highest BCUT2D eigenvalue weighted by atomic mass is 19.2. The lowest BCUT2D eigenvalue weighted by Gasteiger charge is -2.20. The Bertz CT molecular complexity index is 425. The lowest BCUT2D eigenvalue weighted by Crippen LogP contribution is -2.24. The van der Waals surface area contributed by atoms with Gasteiger partial charge in [-0.25, -0.2) is 13.6 Å². The van der Waals surface area contributed by atoms with Crippen molar-refractivity contribution in [3.63, 3.8) is 0 Å². The van der Waals surface area contributed by atoms with Gasteiger partial charge in [-0.3, -0.25) is 0 Å². The Morgan fingerprint density at radius 3 is 2.38 bits per heavy atom. The number of carbonyl (C=O) groups excluding carboxylic acids is 1. The number of halogens is 2. The van der Waals surface area contributed by atoms with Crippen LogP contribution in [0.1, 0.15) is 31.1 Å². The van der Waals surface area contributed by atoms with E-state index < -0.39 is 28.9 Å². The molecule has 0 heterocycles. The van der Waals surface area contributed by atoms with Crippen molar-refractivity contribution in [1.82, 2.24) is 0 Å². The second-order valence-electron chi connectivity index (χ2n) is 4.32. The molecule has 16 heavy (non-hydrogen) atoms. The predicted octanol–water partition coefficient (Wildman–Crippen LogP) is 2.50. The van der Waals surface area contributed by atoms with Gasteiger partial charge in [-0.05, 0) is 32.9 Å². The van der Waals surface area contributed by atoms with Crippen LogP contribution in [0.3, 0.4) is 0 Å². The Kier molecular flexibility index (Phi) is 3.16. The average molecular weight is 229 g/mol. The maximum atomic E-state index is 13.1. The number of hydrogen-bond acceptors (Lipinski definition) is 3. The zero-order valence-electron chi connectivity index (χ0n) is 9.30. The minimum absolute atomic E-state index is 0.172. The van der Waals surface area contributed by atoms with E-state index >= 15 is 0 Å². The van der Waals surface area contributed by atoms with Crippen LogP contribution in [-0.2, 0) is 4.74 Å². The smallest absolute Gasteiger partial charge is 0.340 e. The molecule has 3 nitrogen and oxygen atoms in total. The first-order valence-electron chi connectivity index (χ1n) is 4.69. The fraction of sp³-hybridized carbons (Fsp3) is 0.364. The van der Waals surface area contributed by atoms with Gasteiger partial charge in [0.15, 0.2) is 11.6 Å². The van der Waals surface area contributed by atoms with Crippen molar-refractivity contribution < 1.29 is 18.3 Å². The van der Waals surface area contributed by atoms with Crippen LogP contribution in [0.25, 0.3) is 0 Å². The van der Waals surface area contributed by atoms with E-state index in [2.05, 4.69) is 0 Å². The molecule has 0 bridgehead atoms. The number of benzene rings is 1. The van der Waals surface area contributed by atoms with E-state index in [-0.39, 0.29) is 5.56 Å². The number of carbonyl (C=O) groups is 1. The van der Waals surface area contributed by atoms with Gasteiger partial charge in [-0.2, -0.15) is 0 Å². The molecule has 0 spiro atoms. The molecule has 0 aliphatic heterocycles. The molecular formula is C11H13F2NO2. The summed E-state index contributed by atoms with van der Waals surface area (Å²) in [5, 5.41) is 0. The highest BCUT2D eigenvalue weighted by Crippen LogP contribution is 2.21. The molecule has 0 aromatic heterocycles. The average Bonchev–Trinajstić information content (AvgIpc) is 2.11. The summed E-state index contributed by atoms with van der Waals surface area (Å²) in [7, 11) is 0. The van der Waals surface area contributed by atoms with Crippen molar-refractivity contribution in [2.45, 2.75) is 26.4 Å². The molecule has 5 heteroatoms. The third kappa shape index (κ3) is 2.68. The summed E-state index contributed by atoms with van der Waals surface area (Å²) in [5.74, 6) is -3.10. The predicted molar refractivity (Wildman–Crippen MR) is 55.9 cm³/mol. The van der Waals surface area contributed by atoms with E-state index in [0.29, 0.717) is 0 Å². The second-order valence-corrected chi connectivity index (χ2v) is 4.32. The largest absolute Gasteiger partial charge is 0.456 e. The minimum atomic E-state index is -1.23. The summed E-state index contributed by atoms with van der Waals surface area (Å²) in [6.07, 6.45) is 0. The normalized spacial score (nSPS) is 11.3. The molecule has 1 rings (SSSR count). The van der Waals surface area contributed by atoms with E-state index in [9.17, 15) is 13.6 Å². The molecule has 1 aromatic rings. The van der Waals surface area contributed by atoms with Crippen molar-refractivity contribution in [3.8, 4) is 0 Å². The molecule has 0 amide bonds. The number of anilines is 1. The quantitative estimate of drug-likeness (QED) is 0.594. The highest BCUT2D eigenvalue weighted by molar-refractivity contribution is 5.95. The second kappa shape index (κ2) is 4.08. The van der Waals surface area contributed by atoms with Crippen molar-refractivity contribution in [3.05, 3.63) is 29.3 Å². The fourth-order valence-electron chi connectivity index (χ4n) is 1.08. The van der Waals surface area contributed by atoms with Gasteiger partial charge < -0.3 is 10.5 Å². The maximum absolute atomic E-state index is 13.1. The maximum Gasteiger partial charge on any atom is 0.340 e. The summed E-state index contributed by atoms with van der Waals surface area (Å²) >= 11 is 0. The van der Waals surface area contributed by atoms with Crippen LogP contribution in [0.15, 0.2) is 12.1 Å². The van der Waals surface area contributed by atoms with Crippen LogP contribution in [0.4, 0.5) is 14.5 Å². The fourth-order valence-corrected chi connectivity index (χ4v) is 1.08. The Labute approximate surface area is 92.2 Å². The van der Waals surface area contributed by atoms with E-state index in [1.807, 2.05) is 0 Å².